The molecule has 2 N–H and O–H groups in total. The van der Waals surface area contributed by atoms with E-state index in [0.29, 0.717) is 13.0 Å². The van der Waals surface area contributed by atoms with E-state index in [1.54, 1.807) is 0 Å². The van der Waals surface area contributed by atoms with Crippen molar-refractivity contribution in [3.05, 3.63) is 71.9 Å². The van der Waals surface area contributed by atoms with Crippen LogP contribution in [0.25, 0.3) is 10.9 Å². The molecule has 3 aromatic rings. The first-order valence-electron chi connectivity index (χ1n) is 10.4. The molecule has 0 saturated carbocycles. The highest BCUT2D eigenvalue weighted by atomic mass is 16.1. The van der Waals surface area contributed by atoms with Gasteiger partial charge in [-0.2, -0.15) is 0 Å². The summed E-state index contributed by atoms with van der Waals surface area (Å²) in [5.74, 6) is 0.139. The number of pyridine rings is 1. The molecular formula is C24H26N4O. The number of aromatic nitrogens is 1. The summed E-state index contributed by atoms with van der Waals surface area (Å²) in [4.78, 5) is 19.4. The van der Waals surface area contributed by atoms with Crippen LogP contribution in [-0.4, -0.2) is 34.4 Å². The van der Waals surface area contributed by atoms with Crippen LogP contribution in [0.15, 0.2) is 60.8 Å². The Balaban J connectivity index is 1.33. The van der Waals surface area contributed by atoms with Crippen molar-refractivity contribution in [3.8, 4) is 0 Å². The summed E-state index contributed by atoms with van der Waals surface area (Å²) in [7, 11) is 0. The van der Waals surface area contributed by atoms with Gasteiger partial charge in [-0.05, 0) is 42.2 Å². The summed E-state index contributed by atoms with van der Waals surface area (Å²) in [5, 5.41) is 8.08. The number of benzene rings is 2. The molecule has 0 unspecified atom stereocenters. The van der Waals surface area contributed by atoms with Crippen molar-refractivity contribution < 1.29 is 4.79 Å². The normalized spacial score (nSPS) is 19.1. The Kier molecular flexibility index (Phi) is 4.68. The third kappa shape index (κ3) is 3.70. The van der Waals surface area contributed by atoms with E-state index < -0.39 is 0 Å². The zero-order valence-electron chi connectivity index (χ0n) is 16.5. The van der Waals surface area contributed by atoms with Gasteiger partial charge in [-0.1, -0.05) is 36.4 Å². The van der Waals surface area contributed by atoms with Crippen molar-refractivity contribution in [3.63, 3.8) is 0 Å². The van der Waals surface area contributed by atoms with E-state index in [9.17, 15) is 4.79 Å². The van der Waals surface area contributed by atoms with Crippen molar-refractivity contribution in [2.24, 2.45) is 0 Å². The van der Waals surface area contributed by atoms with E-state index >= 15 is 0 Å². The predicted octanol–water partition coefficient (Wildman–Crippen LogP) is 3.70. The molecule has 1 aromatic heterocycles. The zero-order chi connectivity index (χ0) is 19.7. The predicted molar refractivity (Wildman–Crippen MR) is 116 cm³/mol. The van der Waals surface area contributed by atoms with Gasteiger partial charge >= 0.3 is 0 Å². The Morgan fingerprint density at radius 2 is 1.79 bits per heavy atom. The molecule has 29 heavy (non-hydrogen) atoms. The SMILES string of the molecule is O=C1CC2(CCN(Cc3ccnc4ccccc34)CC2)Nc2ccccc2CN1. The second kappa shape index (κ2) is 7.48. The monoisotopic (exact) mass is 386 g/mol. The zero-order valence-corrected chi connectivity index (χ0v) is 16.5. The number of hydrogen-bond donors (Lipinski definition) is 2. The molecule has 2 aliphatic rings. The molecule has 0 aliphatic carbocycles. The van der Waals surface area contributed by atoms with Crippen LogP contribution in [0.2, 0.25) is 0 Å². The number of fused-ring (bicyclic) bond motifs is 2. The summed E-state index contributed by atoms with van der Waals surface area (Å²) in [6, 6.07) is 18.8. The topological polar surface area (TPSA) is 57.3 Å². The number of hydrogen-bond acceptors (Lipinski definition) is 4. The quantitative estimate of drug-likeness (QED) is 0.705. The van der Waals surface area contributed by atoms with E-state index in [4.69, 9.17) is 0 Å². The lowest BCUT2D eigenvalue weighted by molar-refractivity contribution is -0.122. The summed E-state index contributed by atoms with van der Waals surface area (Å²) < 4.78 is 0. The molecule has 0 radical (unpaired) electrons. The lowest BCUT2D eigenvalue weighted by Gasteiger charge is -2.44. The van der Waals surface area contributed by atoms with E-state index in [1.165, 1.54) is 10.9 Å². The highest BCUT2D eigenvalue weighted by molar-refractivity contribution is 5.82. The van der Waals surface area contributed by atoms with Crippen LogP contribution < -0.4 is 10.6 Å². The van der Waals surface area contributed by atoms with E-state index in [0.717, 1.165) is 49.2 Å². The molecule has 5 nitrogen and oxygen atoms in total. The Morgan fingerprint density at radius 1 is 1.00 bits per heavy atom. The number of carbonyl (C=O) groups is 1. The second-order valence-corrected chi connectivity index (χ2v) is 8.28. The molecule has 1 saturated heterocycles. The number of para-hydroxylation sites is 2. The molecule has 2 aromatic carbocycles. The largest absolute Gasteiger partial charge is 0.379 e. The van der Waals surface area contributed by atoms with Crippen molar-refractivity contribution in [1.82, 2.24) is 15.2 Å². The van der Waals surface area contributed by atoms with Crippen molar-refractivity contribution in [1.29, 1.82) is 0 Å². The number of likely N-dealkylation sites (tertiary alicyclic amines) is 1. The maximum atomic E-state index is 12.5. The van der Waals surface area contributed by atoms with Gasteiger partial charge in [0, 0.05) is 55.4 Å². The van der Waals surface area contributed by atoms with E-state index in [1.807, 2.05) is 18.3 Å². The Bertz CT molecular complexity index is 1030. The third-order valence-corrected chi connectivity index (χ3v) is 6.34. The smallest absolute Gasteiger partial charge is 0.222 e. The second-order valence-electron chi connectivity index (χ2n) is 8.28. The van der Waals surface area contributed by atoms with Gasteiger partial charge in [-0.25, -0.2) is 0 Å². The molecule has 1 amide bonds. The minimum Gasteiger partial charge on any atom is -0.379 e. The number of nitrogens with one attached hydrogen (secondary N) is 2. The lowest BCUT2D eigenvalue weighted by Crippen LogP contribution is -2.52. The first-order valence-corrected chi connectivity index (χ1v) is 10.4. The van der Waals surface area contributed by atoms with Gasteiger partial charge in [-0.15, -0.1) is 0 Å². The number of amides is 1. The molecular weight excluding hydrogens is 360 g/mol. The van der Waals surface area contributed by atoms with Crippen LogP contribution in [0.5, 0.6) is 0 Å². The standard InChI is InChI=1S/C24H26N4O/c29-23-15-24(27-21-7-3-1-5-18(21)16-26-23)10-13-28(14-11-24)17-19-9-12-25-22-8-4-2-6-20(19)22/h1-9,12,27H,10-11,13-17H2,(H,26,29). The van der Waals surface area contributed by atoms with Crippen molar-refractivity contribution in [2.45, 2.75) is 37.9 Å². The maximum absolute atomic E-state index is 12.5. The van der Waals surface area contributed by atoms with Crippen LogP contribution in [0.1, 0.15) is 30.4 Å². The van der Waals surface area contributed by atoms with Crippen molar-refractivity contribution in [2.75, 3.05) is 18.4 Å². The van der Waals surface area contributed by atoms with Crippen LogP contribution >= 0.6 is 0 Å². The van der Waals surface area contributed by atoms with E-state index in [-0.39, 0.29) is 11.4 Å². The van der Waals surface area contributed by atoms with Crippen LogP contribution in [0, 0.1) is 0 Å². The number of piperidine rings is 1. The first kappa shape index (κ1) is 18.1. The Morgan fingerprint density at radius 3 is 2.69 bits per heavy atom. The van der Waals surface area contributed by atoms with Crippen LogP contribution in [0.4, 0.5) is 5.69 Å². The number of anilines is 1. The van der Waals surface area contributed by atoms with Crippen molar-refractivity contribution >= 4 is 22.5 Å². The first-order chi connectivity index (χ1) is 14.2. The minimum absolute atomic E-state index is 0.139. The van der Waals surface area contributed by atoms with Crippen LogP contribution in [0.3, 0.4) is 0 Å². The average molecular weight is 386 g/mol. The fourth-order valence-electron chi connectivity index (χ4n) is 4.66. The van der Waals surface area contributed by atoms with Gasteiger partial charge < -0.3 is 10.6 Å². The van der Waals surface area contributed by atoms with Gasteiger partial charge in [0.05, 0.1) is 5.52 Å². The van der Waals surface area contributed by atoms with Gasteiger partial charge in [0.1, 0.15) is 0 Å². The van der Waals surface area contributed by atoms with Gasteiger partial charge in [0.15, 0.2) is 0 Å². The highest BCUT2D eigenvalue weighted by Crippen LogP contribution is 2.33. The maximum Gasteiger partial charge on any atom is 0.222 e. The van der Waals surface area contributed by atoms with Crippen LogP contribution in [-0.2, 0) is 17.9 Å². The Labute approximate surface area is 171 Å². The molecule has 0 atom stereocenters. The fourth-order valence-corrected chi connectivity index (χ4v) is 4.66. The number of carbonyl (C=O) groups excluding carboxylic acids is 1. The average Bonchev–Trinajstić information content (AvgIpc) is 2.74. The number of nitrogens with zero attached hydrogens (tertiary/aromatic N) is 2. The molecule has 148 valence electrons. The molecule has 1 fully saturated rings. The van der Waals surface area contributed by atoms with Gasteiger partial charge in [0.25, 0.3) is 0 Å². The molecule has 1 spiro atoms. The molecule has 5 rings (SSSR count). The minimum atomic E-state index is -0.169. The third-order valence-electron chi connectivity index (χ3n) is 6.34. The summed E-state index contributed by atoms with van der Waals surface area (Å²) in [5.41, 5.74) is 4.51. The highest BCUT2D eigenvalue weighted by Gasteiger charge is 2.37. The molecule has 2 aliphatic heterocycles. The molecule has 3 heterocycles. The number of rotatable bonds is 2. The van der Waals surface area contributed by atoms with Gasteiger partial charge in [0.2, 0.25) is 5.91 Å². The van der Waals surface area contributed by atoms with E-state index in [2.05, 4.69) is 63.0 Å². The summed E-state index contributed by atoms with van der Waals surface area (Å²) in [6.07, 6.45) is 4.35. The summed E-state index contributed by atoms with van der Waals surface area (Å²) >= 11 is 0. The summed E-state index contributed by atoms with van der Waals surface area (Å²) in [6.45, 7) is 3.46. The Hall–Kier alpha value is -2.92. The molecule has 0 bridgehead atoms. The van der Waals surface area contributed by atoms with Gasteiger partial charge in [-0.3, -0.25) is 14.7 Å². The fraction of sp³-hybridized carbons (Fsp3) is 0.333. The lowest BCUT2D eigenvalue weighted by atomic mass is 9.82. The molecule has 5 heteroatoms.